The lowest BCUT2D eigenvalue weighted by Crippen LogP contribution is -1.95. The number of hydrogen-bond donors (Lipinski definition) is 1. The van der Waals surface area contributed by atoms with E-state index in [0.29, 0.717) is 11.1 Å². The molecule has 1 N–H and O–H groups in total. The fourth-order valence-corrected chi connectivity index (χ4v) is 1.13. The number of ether oxygens (including phenoxy) is 1. The largest absolute Gasteiger partial charge is 0.428 e. The molecule has 1 heterocycles. The van der Waals surface area contributed by atoms with Crippen molar-refractivity contribution in [3.63, 3.8) is 0 Å². The SMILES string of the molecule is O=C1O[C@H](O)c2ccccc21. The summed E-state index contributed by atoms with van der Waals surface area (Å²) in [5.74, 6) is -0.451. The molecular formula is C8H6O3. The van der Waals surface area contributed by atoms with Gasteiger partial charge in [-0.15, -0.1) is 0 Å². The van der Waals surface area contributed by atoms with Crippen LogP contribution >= 0.6 is 0 Å². The van der Waals surface area contributed by atoms with Crippen molar-refractivity contribution >= 4 is 5.97 Å². The van der Waals surface area contributed by atoms with Gasteiger partial charge in [-0.1, -0.05) is 18.2 Å². The molecule has 0 unspecified atom stereocenters. The predicted octanol–water partition coefficient (Wildman–Crippen LogP) is 0.848. The van der Waals surface area contributed by atoms with E-state index in [1.807, 2.05) is 0 Å². The van der Waals surface area contributed by atoms with Gasteiger partial charge < -0.3 is 9.84 Å². The molecule has 2 rings (SSSR count). The third-order valence-electron chi connectivity index (χ3n) is 1.67. The molecule has 1 aromatic rings. The van der Waals surface area contributed by atoms with Crippen molar-refractivity contribution in [2.45, 2.75) is 6.29 Å². The van der Waals surface area contributed by atoms with Gasteiger partial charge in [0.2, 0.25) is 6.29 Å². The Morgan fingerprint density at radius 2 is 2.09 bits per heavy atom. The Morgan fingerprint density at radius 3 is 2.82 bits per heavy atom. The first-order valence-corrected chi connectivity index (χ1v) is 3.27. The lowest BCUT2D eigenvalue weighted by molar-refractivity contribution is -0.0547. The first kappa shape index (κ1) is 6.37. The molecule has 0 radical (unpaired) electrons. The molecule has 3 nitrogen and oxygen atoms in total. The maximum absolute atomic E-state index is 10.9. The molecular weight excluding hydrogens is 144 g/mol. The van der Waals surface area contributed by atoms with Crippen LogP contribution in [0, 0.1) is 0 Å². The van der Waals surface area contributed by atoms with Gasteiger partial charge in [0, 0.05) is 5.56 Å². The van der Waals surface area contributed by atoms with E-state index in [2.05, 4.69) is 4.74 Å². The fourth-order valence-electron chi connectivity index (χ4n) is 1.13. The molecule has 0 saturated carbocycles. The molecule has 0 aliphatic carbocycles. The zero-order chi connectivity index (χ0) is 7.84. The number of esters is 1. The third-order valence-corrected chi connectivity index (χ3v) is 1.67. The monoisotopic (exact) mass is 150 g/mol. The minimum absolute atomic E-state index is 0.451. The highest BCUT2D eigenvalue weighted by molar-refractivity contribution is 5.93. The van der Waals surface area contributed by atoms with Crippen LogP contribution in [-0.2, 0) is 4.74 Å². The van der Waals surface area contributed by atoms with Crippen LogP contribution in [0.2, 0.25) is 0 Å². The minimum Gasteiger partial charge on any atom is -0.428 e. The number of hydrogen-bond acceptors (Lipinski definition) is 3. The van der Waals surface area contributed by atoms with Crippen LogP contribution in [0.3, 0.4) is 0 Å². The van der Waals surface area contributed by atoms with Gasteiger partial charge in [-0.25, -0.2) is 4.79 Å². The van der Waals surface area contributed by atoms with E-state index in [4.69, 9.17) is 5.11 Å². The first-order valence-electron chi connectivity index (χ1n) is 3.27. The van der Waals surface area contributed by atoms with Crippen LogP contribution < -0.4 is 0 Å². The Kier molecular flexibility index (Phi) is 1.20. The van der Waals surface area contributed by atoms with Gasteiger partial charge in [-0.2, -0.15) is 0 Å². The molecule has 0 spiro atoms. The lowest BCUT2D eigenvalue weighted by Gasteiger charge is -1.98. The highest BCUT2D eigenvalue weighted by Gasteiger charge is 2.28. The Bertz CT molecular complexity index is 306. The Morgan fingerprint density at radius 1 is 1.36 bits per heavy atom. The van der Waals surface area contributed by atoms with Gasteiger partial charge in [-0.3, -0.25) is 0 Å². The molecule has 0 fully saturated rings. The standard InChI is InChI=1S/C8H6O3/c9-7-5-3-1-2-4-6(5)8(10)11-7/h1-4,7,9H/t7-/m0/s1. The average Bonchev–Trinajstić information content (AvgIpc) is 2.30. The van der Waals surface area contributed by atoms with Gasteiger partial charge in [0.05, 0.1) is 5.56 Å². The van der Waals surface area contributed by atoms with Gasteiger partial charge in [0.25, 0.3) is 0 Å². The highest BCUT2D eigenvalue weighted by atomic mass is 16.6. The summed E-state index contributed by atoms with van der Waals surface area (Å²) in [6.07, 6.45) is -1.07. The second-order valence-corrected chi connectivity index (χ2v) is 2.34. The zero-order valence-corrected chi connectivity index (χ0v) is 5.65. The number of aliphatic hydroxyl groups is 1. The molecule has 0 bridgehead atoms. The summed E-state index contributed by atoms with van der Waals surface area (Å²) in [5, 5.41) is 9.11. The fraction of sp³-hybridized carbons (Fsp3) is 0.125. The molecule has 0 saturated heterocycles. The van der Waals surface area contributed by atoms with Crippen molar-refractivity contribution < 1.29 is 14.6 Å². The van der Waals surface area contributed by atoms with Crippen LogP contribution in [0.5, 0.6) is 0 Å². The molecule has 1 aliphatic rings. The topological polar surface area (TPSA) is 46.5 Å². The van der Waals surface area contributed by atoms with E-state index in [-0.39, 0.29) is 0 Å². The van der Waals surface area contributed by atoms with E-state index >= 15 is 0 Å². The molecule has 1 aromatic carbocycles. The van der Waals surface area contributed by atoms with E-state index in [0.717, 1.165) is 0 Å². The molecule has 0 amide bonds. The van der Waals surface area contributed by atoms with Gasteiger partial charge in [-0.05, 0) is 6.07 Å². The van der Waals surface area contributed by atoms with Crippen molar-refractivity contribution in [1.82, 2.24) is 0 Å². The van der Waals surface area contributed by atoms with Crippen LogP contribution in [0.4, 0.5) is 0 Å². The molecule has 1 atom stereocenters. The summed E-state index contributed by atoms with van der Waals surface area (Å²) < 4.78 is 4.55. The van der Waals surface area contributed by atoms with Crippen LogP contribution in [0.1, 0.15) is 22.2 Å². The predicted molar refractivity (Wildman–Crippen MR) is 36.8 cm³/mol. The number of benzene rings is 1. The summed E-state index contributed by atoms with van der Waals surface area (Å²) in [6.45, 7) is 0. The smallest absolute Gasteiger partial charge is 0.341 e. The third kappa shape index (κ3) is 0.816. The Balaban J connectivity index is 2.60. The number of carbonyl (C=O) groups is 1. The van der Waals surface area contributed by atoms with Crippen LogP contribution in [-0.4, -0.2) is 11.1 Å². The van der Waals surface area contributed by atoms with Crippen molar-refractivity contribution in [1.29, 1.82) is 0 Å². The maximum Gasteiger partial charge on any atom is 0.341 e. The number of aliphatic hydroxyl groups excluding tert-OH is 1. The summed E-state index contributed by atoms with van der Waals surface area (Å²) >= 11 is 0. The van der Waals surface area contributed by atoms with Crippen molar-refractivity contribution in [2.75, 3.05) is 0 Å². The molecule has 56 valence electrons. The maximum atomic E-state index is 10.9. The van der Waals surface area contributed by atoms with E-state index in [1.54, 1.807) is 24.3 Å². The molecule has 11 heavy (non-hydrogen) atoms. The first-order chi connectivity index (χ1) is 5.29. The molecule has 0 aromatic heterocycles. The van der Waals surface area contributed by atoms with Crippen molar-refractivity contribution in [3.8, 4) is 0 Å². The average molecular weight is 150 g/mol. The Labute approximate surface area is 63.2 Å². The van der Waals surface area contributed by atoms with Gasteiger partial charge in [0.1, 0.15) is 0 Å². The normalized spacial score (nSPS) is 21.2. The highest BCUT2D eigenvalue weighted by Crippen LogP contribution is 2.27. The van der Waals surface area contributed by atoms with E-state index in [1.165, 1.54) is 0 Å². The molecule has 3 heteroatoms. The lowest BCUT2D eigenvalue weighted by atomic mass is 10.1. The summed E-state index contributed by atoms with van der Waals surface area (Å²) in [5.41, 5.74) is 1.01. The summed E-state index contributed by atoms with van der Waals surface area (Å²) in [7, 11) is 0. The Hall–Kier alpha value is -1.35. The van der Waals surface area contributed by atoms with E-state index < -0.39 is 12.3 Å². The second kappa shape index (κ2) is 2.07. The summed E-state index contributed by atoms with van der Waals surface area (Å²) in [4.78, 5) is 10.9. The van der Waals surface area contributed by atoms with E-state index in [9.17, 15) is 4.79 Å². The van der Waals surface area contributed by atoms with Gasteiger partial charge >= 0.3 is 5.97 Å². The zero-order valence-electron chi connectivity index (χ0n) is 5.65. The number of carbonyl (C=O) groups excluding carboxylic acids is 1. The number of cyclic esters (lactones) is 1. The van der Waals surface area contributed by atoms with Crippen LogP contribution in [0.25, 0.3) is 0 Å². The quantitative estimate of drug-likeness (QED) is 0.557. The molecule has 1 aliphatic heterocycles. The van der Waals surface area contributed by atoms with Gasteiger partial charge in [0.15, 0.2) is 0 Å². The number of rotatable bonds is 0. The van der Waals surface area contributed by atoms with Crippen molar-refractivity contribution in [3.05, 3.63) is 35.4 Å². The van der Waals surface area contributed by atoms with Crippen molar-refractivity contribution in [2.24, 2.45) is 0 Å². The van der Waals surface area contributed by atoms with Crippen LogP contribution in [0.15, 0.2) is 24.3 Å². The minimum atomic E-state index is -1.07. The number of fused-ring (bicyclic) bond motifs is 1. The second-order valence-electron chi connectivity index (χ2n) is 2.34. The summed E-state index contributed by atoms with van der Waals surface area (Å²) in [6, 6.07) is 6.79.